The summed E-state index contributed by atoms with van der Waals surface area (Å²) < 4.78 is 0. The minimum absolute atomic E-state index is 0.00371. The van der Waals surface area contributed by atoms with Crippen LogP contribution in [0.3, 0.4) is 0 Å². The number of halogens is 1. The zero-order valence-corrected chi connectivity index (χ0v) is 11.5. The normalized spacial score (nSPS) is 10.4. The first-order chi connectivity index (χ1) is 9.16. The van der Waals surface area contributed by atoms with Crippen molar-refractivity contribution in [3.8, 4) is 0 Å². The molecule has 1 aromatic carbocycles. The highest BCUT2D eigenvalue weighted by Crippen LogP contribution is 2.24. The number of rotatable bonds is 5. The molecule has 5 heteroatoms. The number of amides is 1. The largest absolute Gasteiger partial charge is 0.384 e. The van der Waals surface area contributed by atoms with E-state index in [1.165, 1.54) is 6.92 Å². The van der Waals surface area contributed by atoms with E-state index < -0.39 is 0 Å². The van der Waals surface area contributed by atoms with Crippen molar-refractivity contribution < 1.29 is 4.79 Å². The maximum Gasteiger partial charge on any atom is 0.216 e. The molecule has 0 bridgehead atoms. The van der Waals surface area contributed by atoms with Crippen molar-refractivity contribution in [1.82, 2.24) is 10.3 Å². The van der Waals surface area contributed by atoms with Gasteiger partial charge in [-0.15, -0.1) is 0 Å². The van der Waals surface area contributed by atoms with Gasteiger partial charge < -0.3 is 10.6 Å². The van der Waals surface area contributed by atoms with Gasteiger partial charge in [0.2, 0.25) is 5.91 Å². The number of nitrogens with zero attached hydrogens (tertiary/aromatic N) is 1. The summed E-state index contributed by atoms with van der Waals surface area (Å²) in [6, 6.07) is 7.60. The Balaban J connectivity index is 1.99. The molecule has 2 rings (SSSR count). The molecule has 0 aliphatic heterocycles. The fourth-order valence-electron chi connectivity index (χ4n) is 1.85. The predicted octanol–water partition coefficient (Wildman–Crippen LogP) is 2.83. The molecule has 100 valence electrons. The third-order valence-corrected chi connectivity index (χ3v) is 2.98. The summed E-state index contributed by atoms with van der Waals surface area (Å²) in [6.07, 6.45) is 2.63. The fourth-order valence-corrected chi connectivity index (χ4v) is 2.02. The van der Waals surface area contributed by atoms with Crippen LogP contribution in [-0.4, -0.2) is 24.0 Å². The van der Waals surface area contributed by atoms with Crippen LogP contribution in [-0.2, 0) is 4.79 Å². The second kappa shape index (κ2) is 6.38. The molecule has 1 aromatic heterocycles. The van der Waals surface area contributed by atoms with Gasteiger partial charge in [-0.3, -0.25) is 9.78 Å². The average molecular weight is 278 g/mol. The summed E-state index contributed by atoms with van der Waals surface area (Å²) in [5.41, 5.74) is 1.91. The Labute approximate surface area is 117 Å². The van der Waals surface area contributed by atoms with Gasteiger partial charge in [-0.2, -0.15) is 0 Å². The molecule has 1 heterocycles. The number of aromatic nitrogens is 1. The third-order valence-electron chi connectivity index (χ3n) is 2.75. The molecule has 4 nitrogen and oxygen atoms in total. The molecule has 2 aromatic rings. The van der Waals surface area contributed by atoms with Crippen LogP contribution in [0.15, 0.2) is 30.5 Å². The molecular weight excluding hydrogens is 262 g/mol. The second-order valence-corrected chi connectivity index (χ2v) is 4.72. The number of benzene rings is 1. The summed E-state index contributed by atoms with van der Waals surface area (Å²) in [7, 11) is 0. The van der Waals surface area contributed by atoms with Crippen LogP contribution in [0.5, 0.6) is 0 Å². The predicted molar refractivity (Wildman–Crippen MR) is 78.5 cm³/mol. The van der Waals surface area contributed by atoms with Crippen molar-refractivity contribution in [3.05, 3.63) is 35.5 Å². The van der Waals surface area contributed by atoms with E-state index in [-0.39, 0.29) is 5.91 Å². The number of hydrogen-bond donors (Lipinski definition) is 2. The molecule has 1 amide bonds. The third kappa shape index (κ3) is 3.83. The van der Waals surface area contributed by atoms with Gasteiger partial charge >= 0.3 is 0 Å². The van der Waals surface area contributed by atoms with Crippen molar-refractivity contribution in [2.75, 3.05) is 18.4 Å². The summed E-state index contributed by atoms with van der Waals surface area (Å²) in [4.78, 5) is 15.0. The molecular formula is C14H16ClN3O. The quantitative estimate of drug-likeness (QED) is 0.827. The number of fused-ring (bicyclic) bond motifs is 1. The number of carbonyl (C=O) groups is 1. The summed E-state index contributed by atoms with van der Waals surface area (Å²) in [6.45, 7) is 2.99. The van der Waals surface area contributed by atoms with Crippen LogP contribution in [0.25, 0.3) is 10.9 Å². The fraction of sp³-hybridized carbons (Fsp3) is 0.286. The summed E-state index contributed by atoms with van der Waals surface area (Å²) >= 11 is 5.95. The minimum atomic E-state index is 0.00371. The van der Waals surface area contributed by atoms with Crippen LogP contribution in [0.1, 0.15) is 13.3 Å². The van der Waals surface area contributed by atoms with Crippen LogP contribution in [0.2, 0.25) is 5.02 Å². The van der Waals surface area contributed by atoms with Crippen molar-refractivity contribution >= 4 is 34.1 Å². The van der Waals surface area contributed by atoms with Crippen molar-refractivity contribution in [2.45, 2.75) is 13.3 Å². The van der Waals surface area contributed by atoms with Gasteiger partial charge in [-0.25, -0.2) is 0 Å². The lowest BCUT2D eigenvalue weighted by molar-refractivity contribution is -0.118. The van der Waals surface area contributed by atoms with Gasteiger partial charge in [0.15, 0.2) is 0 Å². The van der Waals surface area contributed by atoms with Crippen LogP contribution < -0.4 is 10.6 Å². The molecule has 0 fully saturated rings. The van der Waals surface area contributed by atoms with E-state index in [9.17, 15) is 4.79 Å². The average Bonchev–Trinajstić information content (AvgIpc) is 2.37. The Kier molecular flexibility index (Phi) is 4.58. The lowest BCUT2D eigenvalue weighted by atomic mass is 10.2. The number of nitrogens with one attached hydrogen (secondary N) is 2. The zero-order chi connectivity index (χ0) is 13.7. The zero-order valence-electron chi connectivity index (χ0n) is 10.7. The van der Waals surface area contributed by atoms with Crippen LogP contribution >= 0.6 is 11.6 Å². The van der Waals surface area contributed by atoms with E-state index in [0.717, 1.165) is 29.6 Å². The summed E-state index contributed by atoms with van der Waals surface area (Å²) in [5.74, 6) is 0.00371. The number of carbonyl (C=O) groups excluding carboxylic acids is 1. The van der Waals surface area contributed by atoms with Crippen molar-refractivity contribution in [3.63, 3.8) is 0 Å². The number of pyridine rings is 1. The highest BCUT2D eigenvalue weighted by Gasteiger charge is 2.02. The molecule has 2 N–H and O–H groups in total. The van der Waals surface area contributed by atoms with E-state index in [2.05, 4.69) is 15.6 Å². The number of anilines is 1. The van der Waals surface area contributed by atoms with E-state index in [4.69, 9.17) is 11.6 Å². The molecule has 0 aliphatic rings. The maximum absolute atomic E-state index is 10.7. The second-order valence-electron chi connectivity index (χ2n) is 4.28. The Morgan fingerprint density at radius 3 is 2.95 bits per heavy atom. The molecule has 19 heavy (non-hydrogen) atoms. The van der Waals surface area contributed by atoms with Gasteiger partial charge in [-0.1, -0.05) is 11.6 Å². The van der Waals surface area contributed by atoms with Crippen molar-refractivity contribution in [1.29, 1.82) is 0 Å². The summed E-state index contributed by atoms with van der Waals surface area (Å²) in [5, 5.41) is 7.84. The topological polar surface area (TPSA) is 54.0 Å². The van der Waals surface area contributed by atoms with Crippen LogP contribution in [0.4, 0.5) is 5.69 Å². The Morgan fingerprint density at radius 1 is 1.32 bits per heavy atom. The molecule has 0 saturated heterocycles. The first-order valence-electron chi connectivity index (χ1n) is 6.19. The lowest BCUT2D eigenvalue weighted by Crippen LogP contribution is -2.22. The number of hydrogen-bond acceptors (Lipinski definition) is 3. The maximum atomic E-state index is 10.7. The first kappa shape index (κ1) is 13.6. The highest BCUT2D eigenvalue weighted by molar-refractivity contribution is 6.31. The van der Waals surface area contributed by atoms with Crippen molar-refractivity contribution in [2.24, 2.45) is 0 Å². The Hall–Kier alpha value is -1.81. The SMILES string of the molecule is CC(=O)NCCCNc1ccnc2cc(Cl)ccc12. The van der Waals surface area contributed by atoms with Gasteiger partial charge in [-0.05, 0) is 30.7 Å². The van der Waals surface area contributed by atoms with E-state index in [1.807, 2.05) is 24.3 Å². The first-order valence-corrected chi connectivity index (χ1v) is 6.57. The van der Waals surface area contributed by atoms with Gasteiger partial charge in [0, 0.05) is 42.3 Å². The smallest absolute Gasteiger partial charge is 0.216 e. The molecule has 0 spiro atoms. The van der Waals surface area contributed by atoms with E-state index >= 15 is 0 Å². The Bertz CT molecular complexity index is 586. The molecule has 0 unspecified atom stereocenters. The van der Waals surface area contributed by atoms with Gasteiger partial charge in [0.05, 0.1) is 5.52 Å². The monoisotopic (exact) mass is 277 g/mol. The van der Waals surface area contributed by atoms with Gasteiger partial charge in [0.25, 0.3) is 0 Å². The molecule has 0 radical (unpaired) electrons. The molecule has 0 saturated carbocycles. The van der Waals surface area contributed by atoms with Crippen LogP contribution in [0, 0.1) is 0 Å². The molecule has 0 aliphatic carbocycles. The van der Waals surface area contributed by atoms with E-state index in [0.29, 0.717) is 11.6 Å². The minimum Gasteiger partial charge on any atom is -0.384 e. The molecule has 0 atom stereocenters. The van der Waals surface area contributed by atoms with Gasteiger partial charge in [0.1, 0.15) is 0 Å². The standard InChI is InChI=1S/C14H16ClN3O/c1-10(19)16-6-2-7-17-13-5-8-18-14-9-11(15)3-4-12(13)14/h3-5,8-9H,2,6-7H2,1H3,(H,16,19)(H,17,18). The highest BCUT2D eigenvalue weighted by atomic mass is 35.5. The van der Waals surface area contributed by atoms with E-state index in [1.54, 1.807) is 6.20 Å². The lowest BCUT2D eigenvalue weighted by Gasteiger charge is -2.09. The Morgan fingerprint density at radius 2 is 2.16 bits per heavy atom.